The van der Waals surface area contributed by atoms with Crippen LogP contribution in [0.15, 0.2) is 22.8 Å². The van der Waals surface area contributed by atoms with Gasteiger partial charge >= 0.3 is 0 Å². The first kappa shape index (κ1) is 7.11. The highest BCUT2D eigenvalue weighted by molar-refractivity contribution is 5.43. The van der Waals surface area contributed by atoms with E-state index in [-0.39, 0.29) is 0 Å². The molecule has 0 aromatic carbocycles. The Balaban J connectivity index is 2.33. The zero-order chi connectivity index (χ0) is 7.68. The minimum atomic E-state index is 1.11. The van der Waals surface area contributed by atoms with Gasteiger partial charge in [-0.3, -0.25) is 0 Å². The molecular formula is C10H15N. The van der Waals surface area contributed by atoms with E-state index in [1.54, 1.807) is 16.7 Å². The first-order valence-corrected chi connectivity index (χ1v) is 4.53. The van der Waals surface area contributed by atoms with Crippen molar-refractivity contribution in [1.29, 1.82) is 0 Å². The highest BCUT2D eigenvalue weighted by Gasteiger charge is 2.18. The molecule has 0 radical (unpaired) electrons. The molecule has 0 unspecified atom stereocenters. The van der Waals surface area contributed by atoms with Crippen molar-refractivity contribution in [2.45, 2.75) is 26.2 Å². The fourth-order valence-electron chi connectivity index (χ4n) is 2.05. The van der Waals surface area contributed by atoms with Crippen molar-refractivity contribution in [2.24, 2.45) is 0 Å². The van der Waals surface area contributed by atoms with Gasteiger partial charge in [0.1, 0.15) is 0 Å². The number of rotatable bonds is 1. The van der Waals surface area contributed by atoms with Gasteiger partial charge in [0.15, 0.2) is 0 Å². The number of fused-ring (bicyclic) bond motifs is 1. The lowest BCUT2D eigenvalue weighted by molar-refractivity contribution is 0.859. The highest BCUT2D eigenvalue weighted by Crippen LogP contribution is 2.29. The third-order valence-corrected chi connectivity index (χ3v) is 2.70. The maximum absolute atomic E-state index is 3.40. The summed E-state index contributed by atoms with van der Waals surface area (Å²) in [5, 5.41) is 3.40. The van der Waals surface area contributed by atoms with Gasteiger partial charge in [-0.1, -0.05) is 18.6 Å². The summed E-state index contributed by atoms with van der Waals surface area (Å²) in [6.07, 6.45) is 6.21. The van der Waals surface area contributed by atoms with Crippen LogP contribution in [-0.4, -0.2) is 13.1 Å². The Hall–Kier alpha value is -0.560. The third kappa shape index (κ3) is 1.14. The smallest absolute Gasteiger partial charge is 0.0211 e. The van der Waals surface area contributed by atoms with Gasteiger partial charge < -0.3 is 5.32 Å². The molecule has 1 heterocycles. The number of nitrogens with one attached hydrogen (secondary N) is 1. The van der Waals surface area contributed by atoms with Gasteiger partial charge in [0, 0.05) is 13.1 Å². The zero-order valence-corrected chi connectivity index (χ0v) is 7.11. The lowest BCUT2D eigenvalue weighted by Crippen LogP contribution is -2.05. The molecule has 0 aromatic rings. The molecule has 0 saturated carbocycles. The number of hydrogen-bond donors (Lipinski definition) is 1. The van der Waals surface area contributed by atoms with Crippen LogP contribution in [0.1, 0.15) is 26.2 Å². The van der Waals surface area contributed by atoms with Gasteiger partial charge in [-0.2, -0.15) is 0 Å². The summed E-state index contributed by atoms with van der Waals surface area (Å²) in [5.74, 6) is 0. The van der Waals surface area contributed by atoms with E-state index in [1.807, 2.05) is 0 Å². The molecule has 0 spiro atoms. The normalized spacial score (nSPS) is 23.5. The first-order chi connectivity index (χ1) is 5.42. The molecule has 0 amide bonds. The van der Waals surface area contributed by atoms with Crippen LogP contribution >= 0.6 is 0 Å². The van der Waals surface area contributed by atoms with Crippen LogP contribution < -0.4 is 5.32 Å². The van der Waals surface area contributed by atoms with E-state index in [2.05, 4.69) is 18.3 Å². The summed E-state index contributed by atoms with van der Waals surface area (Å²) < 4.78 is 0. The maximum Gasteiger partial charge on any atom is 0.0211 e. The number of allylic oxidation sites excluding steroid dienone is 2. The van der Waals surface area contributed by atoms with Crippen LogP contribution in [0, 0.1) is 0 Å². The average Bonchev–Trinajstić information content (AvgIpc) is 2.50. The van der Waals surface area contributed by atoms with Crippen LogP contribution in [0.2, 0.25) is 0 Å². The van der Waals surface area contributed by atoms with Gasteiger partial charge in [-0.15, -0.1) is 0 Å². The molecule has 60 valence electrons. The van der Waals surface area contributed by atoms with Gasteiger partial charge in [-0.25, -0.2) is 0 Å². The Kier molecular flexibility index (Phi) is 1.82. The minimum Gasteiger partial charge on any atom is -0.309 e. The second-order valence-electron chi connectivity index (χ2n) is 3.31. The average molecular weight is 149 g/mol. The van der Waals surface area contributed by atoms with E-state index in [0.717, 1.165) is 13.1 Å². The van der Waals surface area contributed by atoms with Gasteiger partial charge in [0.25, 0.3) is 0 Å². The Bertz CT molecular complexity index is 223. The van der Waals surface area contributed by atoms with Gasteiger partial charge in [0.05, 0.1) is 0 Å². The molecule has 1 saturated heterocycles. The van der Waals surface area contributed by atoms with Crippen molar-refractivity contribution in [3.05, 3.63) is 22.8 Å². The quantitative estimate of drug-likeness (QED) is 0.601. The summed E-state index contributed by atoms with van der Waals surface area (Å²) in [6.45, 7) is 4.50. The van der Waals surface area contributed by atoms with Crippen molar-refractivity contribution in [3.8, 4) is 0 Å². The van der Waals surface area contributed by atoms with E-state index in [1.165, 1.54) is 19.3 Å². The van der Waals surface area contributed by atoms with Crippen molar-refractivity contribution < 1.29 is 0 Å². The summed E-state index contributed by atoms with van der Waals surface area (Å²) in [5.41, 5.74) is 4.89. The van der Waals surface area contributed by atoms with Crippen LogP contribution in [0.3, 0.4) is 0 Å². The summed E-state index contributed by atoms with van der Waals surface area (Å²) in [7, 11) is 0. The van der Waals surface area contributed by atoms with Crippen LogP contribution in [0.4, 0.5) is 0 Å². The fourth-order valence-corrected chi connectivity index (χ4v) is 2.05. The molecule has 1 heteroatoms. The molecule has 2 aliphatic rings. The Morgan fingerprint density at radius 1 is 1.45 bits per heavy atom. The standard InChI is InChI=1S/C10H15N/c1-2-8-4-3-5-9-6-11-7-10(8)9/h5,11H,2-4,6-7H2,1H3. The van der Waals surface area contributed by atoms with Crippen molar-refractivity contribution >= 4 is 0 Å². The maximum atomic E-state index is 3.40. The lowest BCUT2D eigenvalue weighted by Gasteiger charge is -2.14. The molecule has 0 atom stereocenters. The molecular weight excluding hydrogens is 134 g/mol. The molecule has 2 rings (SSSR count). The molecule has 1 N–H and O–H groups in total. The predicted octanol–water partition coefficient (Wildman–Crippen LogP) is 2.02. The molecule has 11 heavy (non-hydrogen) atoms. The van der Waals surface area contributed by atoms with Crippen LogP contribution in [0.5, 0.6) is 0 Å². The van der Waals surface area contributed by atoms with Crippen molar-refractivity contribution in [2.75, 3.05) is 13.1 Å². The SMILES string of the molecule is CCC1=C2CNCC2=CCC1. The van der Waals surface area contributed by atoms with Gasteiger partial charge in [0.2, 0.25) is 0 Å². The van der Waals surface area contributed by atoms with E-state index in [4.69, 9.17) is 0 Å². The van der Waals surface area contributed by atoms with E-state index in [9.17, 15) is 0 Å². The Morgan fingerprint density at radius 3 is 3.18 bits per heavy atom. The summed E-state index contributed by atoms with van der Waals surface area (Å²) >= 11 is 0. The highest BCUT2D eigenvalue weighted by atomic mass is 14.9. The predicted molar refractivity (Wildman–Crippen MR) is 47.5 cm³/mol. The van der Waals surface area contributed by atoms with Crippen LogP contribution in [-0.2, 0) is 0 Å². The van der Waals surface area contributed by atoms with Crippen molar-refractivity contribution in [3.63, 3.8) is 0 Å². The Labute approximate surface area is 68.2 Å². The van der Waals surface area contributed by atoms with E-state index < -0.39 is 0 Å². The monoisotopic (exact) mass is 149 g/mol. The topological polar surface area (TPSA) is 12.0 Å². The fraction of sp³-hybridized carbons (Fsp3) is 0.600. The molecule has 0 aromatic heterocycles. The van der Waals surface area contributed by atoms with Crippen molar-refractivity contribution in [1.82, 2.24) is 5.32 Å². The third-order valence-electron chi connectivity index (χ3n) is 2.70. The molecule has 1 fully saturated rings. The lowest BCUT2D eigenvalue weighted by atomic mass is 9.91. The molecule has 1 nitrogen and oxygen atoms in total. The molecule has 1 aliphatic heterocycles. The van der Waals surface area contributed by atoms with Gasteiger partial charge in [-0.05, 0) is 30.4 Å². The first-order valence-electron chi connectivity index (χ1n) is 4.53. The molecule has 1 aliphatic carbocycles. The molecule has 0 bridgehead atoms. The second-order valence-corrected chi connectivity index (χ2v) is 3.31. The summed E-state index contributed by atoms with van der Waals surface area (Å²) in [4.78, 5) is 0. The second kappa shape index (κ2) is 2.82. The summed E-state index contributed by atoms with van der Waals surface area (Å²) in [6, 6.07) is 0. The zero-order valence-electron chi connectivity index (χ0n) is 7.11. The number of hydrogen-bond acceptors (Lipinski definition) is 1. The van der Waals surface area contributed by atoms with E-state index in [0.29, 0.717) is 0 Å². The largest absolute Gasteiger partial charge is 0.309 e. The van der Waals surface area contributed by atoms with Crippen LogP contribution in [0.25, 0.3) is 0 Å². The minimum absolute atomic E-state index is 1.11. The Morgan fingerprint density at radius 2 is 2.36 bits per heavy atom. The van der Waals surface area contributed by atoms with E-state index >= 15 is 0 Å².